The molecule has 1 heterocycles. The van der Waals surface area contributed by atoms with E-state index in [0.29, 0.717) is 34.9 Å². The SMILES string of the molecule is COc1cc2c(cc1OC)-c1[nH]c3ccc(OCCN(C)C)cc3c1/C2=N/OC(c1ccc(F)cc1)c1ccc(F)cc1. The van der Waals surface area contributed by atoms with E-state index in [1.807, 2.05) is 44.4 Å². The Balaban J connectivity index is 1.49. The number of H-pyrrole nitrogens is 1. The van der Waals surface area contributed by atoms with Gasteiger partial charge in [0.1, 0.15) is 29.7 Å². The highest BCUT2D eigenvalue weighted by Crippen LogP contribution is 2.46. The predicted molar refractivity (Wildman–Crippen MR) is 162 cm³/mol. The number of likely N-dealkylation sites (N-methyl/N-ethyl adjacent to an activating group) is 1. The highest BCUT2D eigenvalue weighted by molar-refractivity contribution is 6.30. The smallest absolute Gasteiger partial charge is 0.177 e. The molecule has 0 amide bonds. The van der Waals surface area contributed by atoms with E-state index in [1.165, 1.54) is 24.3 Å². The maximum Gasteiger partial charge on any atom is 0.177 e. The van der Waals surface area contributed by atoms with E-state index in [1.54, 1.807) is 38.5 Å². The quantitative estimate of drug-likeness (QED) is 0.177. The molecule has 0 spiro atoms. The summed E-state index contributed by atoms with van der Waals surface area (Å²) in [6.45, 7) is 1.32. The number of benzene rings is 4. The average Bonchev–Trinajstić information content (AvgIpc) is 3.52. The summed E-state index contributed by atoms with van der Waals surface area (Å²) in [6, 6.07) is 21.7. The minimum atomic E-state index is -0.725. The number of hydrogen-bond acceptors (Lipinski definition) is 6. The van der Waals surface area contributed by atoms with Crippen molar-refractivity contribution in [2.24, 2.45) is 5.16 Å². The number of oxime groups is 1. The van der Waals surface area contributed by atoms with Crippen molar-refractivity contribution in [2.45, 2.75) is 6.10 Å². The Morgan fingerprint density at radius 2 is 1.40 bits per heavy atom. The van der Waals surface area contributed by atoms with E-state index in [-0.39, 0.29) is 11.6 Å². The molecule has 220 valence electrons. The minimum Gasteiger partial charge on any atom is -0.493 e. The van der Waals surface area contributed by atoms with Crippen molar-refractivity contribution < 1.29 is 27.8 Å². The van der Waals surface area contributed by atoms with Crippen LogP contribution in [0.1, 0.15) is 28.4 Å². The van der Waals surface area contributed by atoms with E-state index in [9.17, 15) is 8.78 Å². The highest BCUT2D eigenvalue weighted by atomic mass is 19.1. The number of halogens is 2. The molecule has 1 aliphatic carbocycles. The van der Waals surface area contributed by atoms with Gasteiger partial charge in [-0.2, -0.15) is 0 Å². The Hall–Kier alpha value is -4.89. The number of methoxy groups -OCH3 is 2. The molecule has 0 bridgehead atoms. The zero-order chi connectivity index (χ0) is 30.1. The molecule has 9 heteroatoms. The third-order valence-corrected chi connectivity index (χ3v) is 7.46. The molecule has 7 nitrogen and oxygen atoms in total. The molecule has 0 fully saturated rings. The Morgan fingerprint density at radius 1 is 0.791 bits per heavy atom. The Labute approximate surface area is 248 Å². The maximum atomic E-state index is 13.8. The van der Waals surface area contributed by atoms with Crippen LogP contribution < -0.4 is 14.2 Å². The molecule has 0 saturated carbocycles. The van der Waals surface area contributed by atoms with Gasteiger partial charge in [-0.25, -0.2) is 8.78 Å². The van der Waals surface area contributed by atoms with Gasteiger partial charge < -0.3 is 28.9 Å². The number of aromatic nitrogens is 1. The van der Waals surface area contributed by atoms with Crippen LogP contribution in [-0.2, 0) is 4.84 Å². The summed E-state index contributed by atoms with van der Waals surface area (Å²) in [5.74, 6) is 1.12. The lowest BCUT2D eigenvalue weighted by Gasteiger charge is -2.17. The van der Waals surface area contributed by atoms with Gasteiger partial charge in [0.15, 0.2) is 17.6 Å². The van der Waals surface area contributed by atoms with Gasteiger partial charge in [-0.15, -0.1) is 0 Å². The molecule has 0 radical (unpaired) electrons. The molecular formula is C34H31F2N3O4. The number of nitrogens with one attached hydrogen (secondary N) is 1. The predicted octanol–water partition coefficient (Wildman–Crippen LogP) is 6.94. The lowest BCUT2D eigenvalue weighted by atomic mass is 10.0. The van der Waals surface area contributed by atoms with Crippen molar-refractivity contribution in [3.05, 3.63) is 113 Å². The maximum absolute atomic E-state index is 13.8. The van der Waals surface area contributed by atoms with Crippen molar-refractivity contribution in [3.8, 4) is 28.5 Å². The molecule has 4 aromatic carbocycles. The van der Waals surface area contributed by atoms with Crippen LogP contribution in [0.2, 0.25) is 0 Å². The van der Waals surface area contributed by atoms with Crippen molar-refractivity contribution in [1.82, 2.24) is 9.88 Å². The lowest BCUT2D eigenvalue weighted by Crippen LogP contribution is -2.19. The third kappa shape index (κ3) is 5.51. The number of fused-ring (bicyclic) bond motifs is 5. The van der Waals surface area contributed by atoms with Gasteiger partial charge in [0.2, 0.25) is 0 Å². The van der Waals surface area contributed by atoms with Crippen molar-refractivity contribution in [3.63, 3.8) is 0 Å². The second kappa shape index (κ2) is 11.8. The van der Waals surface area contributed by atoms with Crippen LogP contribution >= 0.6 is 0 Å². The third-order valence-electron chi connectivity index (χ3n) is 7.46. The molecule has 0 atom stereocenters. The Morgan fingerprint density at radius 3 is 1.98 bits per heavy atom. The fourth-order valence-corrected chi connectivity index (χ4v) is 5.26. The first-order valence-electron chi connectivity index (χ1n) is 13.8. The standard InChI is InChI=1S/C34H31F2N3O4/c1-39(2)15-16-42-24-13-14-28-27(17-24)31-32(37-28)25-18-29(40-3)30(41-4)19-26(25)33(31)38-43-34(20-5-9-22(35)10-6-20)21-7-11-23(36)12-8-21/h5-14,17-19,34,37H,15-16H2,1-4H3/b38-33+. The summed E-state index contributed by atoms with van der Waals surface area (Å²) in [5, 5.41) is 5.65. The fourth-order valence-electron chi connectivity index (χ4n) is 5.26. The Bertz CT molecular complexity index is 1750. The number of hydrogen-bond donors (Lipinski definition) is 1. The molecule has 43 heavy (non-hydrogen) atoms. The van der Waals surface area contributed by atoms with Gasteiger partial charge in [0.05, 0.1) is 19.9 Å². The van der Waals surface area contributed by atoms with E-state index in [0.717, 1.165) is 45.6 Å². The topological polar surface area (TPSA) is 68.3 Å². The summed E-state index contributed by atoms with van der Waals surface area (Å²) < 4.78 is 44.9. The first-order valence-corrected chi connectivity index (χ1v) is 13.8. The zero-order valence-corrected chi connectivity index (χ0v) is 24.3. The normalized spacial score (nSPS) is 13.1. The van der Waals surface area contributed by atoms with Crippen molar-refractivity contribution in [2.75, 3.05) is 41.5 Å². The van der Waals surface area contributed by atoms with Gasteiger partial charge in [0, 0.05) is 34.1 Å². The van der Waals surface area contributed by atoms with E-state index in [4.69, 9.17) is 24.2 Å². The molecule has 0 unspecified atom stereocenters. The van der Waals surface area contributed by atoms with E-state index in [2.05, 4.69) is 9.88 Å². The van der Waals surface area contributed by atoms with Crippen LogP contribution in [0.25, 0.3) is 22.2 Å². The van der Waals surface area contributed by atoms with Crippen LogP contribution in [0, 0.1) is 11.6 Å². The molecule has 5 aromatic rings. The molecule has 6 rings (SSSR count). The first-order chi connectivity index (χ1) is 20.9. The van der Waals surface area contributed by atoms with Gasteiger partial charge in [0.25, 0.3) is 0 Å². The molecule has 1 aromatic heterocycles. The molecular weight excluding hydrogens is 552 g/mol. The second-order valence-electron chi connectivity index (χ2n) is 10.5. The minimum absolute atomic E-state index is 0.370. The van der Waals surface area contributed by atoms with Gasteiger partial charge >= 0.3 is 0 Å². The Kier molecular flexibility index (Phi) is 7.73. The number of nitrogens with zero attached hydrogens (tertiary/aromatic N) is 2. The summed E-state index contributed by atoms with van der Waals surface area (Å²) in [6.07, 6.45) is -0.725. The van der Waals surface area contributed by atoms with Crippen LogP contribution in [0.15, 0.2) is 84.0 Å². The van der Waals surface area contributed by atoms with Crippen LogP contribution in [-0.4, -0.2) is 57.1 Å². The summed E-state index contributed by atoms with van der Waals surface area (Å²) >= 11 is 0. The summed E-state index contributed by atoms with van der Waals surface area (Å²) in [5.41, 5.74) is 6.19. The lowest BCUT2D eigenvalue weighted by molar-refractivity contribution is 0.0877. The molecule has 1 aliphatic rings. The number of ether oxygens (including phenoxy) is 3. The largest absolute Gasteiger partial charge is 0.493 e. The van der Waals surface area contributed by atoms with E-state index >= 15 is 0 Å². The van der Waals surface area contributed by atoms with Crippen LogP contribution in [0.3, 0.4) is 0 Å². The number of rotatable bonds is 10. The second-order valence-corrected chi connectivity index (χ2v) is 10.5. The molecule has 1 N–H and O–H groups in total. The first kappa shape index (κ1) is 28.2. The van der Waals surface area contributed by atoms with E-state index < -0.39 is 6.10 Å². The number of aromatic amines is 1. The van der Waals surface area contributed by atoms with Crippen molar-refractivity contribution >= 4 is 16.6 Å². The molecule has 0 saturated heterocycles. The summed E-state index contributed by atoms with van der Waals surface area (Å²) in [7, 11) is 7.17. The fraction of sp³-hybridized carbons (Fsp3) is 0.206. The molecule has 0 aliphatic heterocycles. The van der Waals surface area contributed by atoms with Crippen molar-refractivity contribution in [1.29, 1.82) is 0 Å². The zero-order valence-electron chi connectivity index (χ0n) is 24.3. The van der Waals surface area contributed by atoms with Gasteiger partial charge in [-0.3, -0.25) is 0 Å². The van der Waals surface area contributed by atoms with Crippen LogP contribution in [0.5, 0.6) is 17.2 Å². The van der Waals surface area contributed by atoms with Crippen LogP contribution in [0.4, 0.5) is 8.78 Å². The average molecular weight is 584 g/mol. The van der Waals surface area contributed by atoms with Gasteiger partial charge in [-0.05, 0) is 79.8 Å². The van der Waals surface area contributed by atoms with Gasteiger partial charge in [-0.1, -0.05) is 29.4 Å². The highest BCUT2D eigenvalue weighted by Gasteiger charge is 2.32. The monoisotopic (exact) mass is 583 g/mol. The summed E-state index contributed by atoms with van der Waals surface area (Å²) in [4.78, 5) is 11.9.